The zero-order valence-electron chi connectivity index (χ0n) is 13.3. The molecule has 5 heteroatoms. The molecule has 2 aromatic rings. The van der Waals surface area contributed by atoms with Crippen LogP contribution in [0.25, 0.3) is 11.3 Å². The van der Waals surface area contributed by atoms with Gasteiger partial charge < -0.3 is 5.32 Å². The van der Waals surface area contributed by atoms with Crippen molar-refractivity contribution in [2.45, 2.75) is 38.1 Å². The number of aromatic nitrogens is 2. The van der Waals surface area contributed by atoms with Gasteiger partial charge in [0.1, 0.15) is 0 Å². The van der Waals surface area contributed by atoms with E-state index in [0.717, 1.165) is 36.9 Å². The van der Waals surface area contributed by atoms with Gasteiger partial charge in [0, 0.05) is 24.2 Å². The lowest BCUT2D eigenvalue weighted by molar-refractivity contribution is 0.0963. The fourth-order valence-corrected chi connectivity index (χ4v) is 3.13. The highest BCUT2D eigenvalue weighted by Crippen LogP contribution is 2.27. The number of hydrogen-bond donors (Lipinski definition) is 1. The first-order chi connectivity index (χ1) is 11.2. The number of rotatable bonds is 3. The summed E-state index contributed by atoms with van der Waals surface area (Å²) in [5.74, 6) is -0.132. The van der Waals surface area contributed by atoms with Crippen molar-refractivity contribution in [3.8, 4) is 11.3 Å². The molecular formula is C18H21N3O2. The van der Waals surface area contributed by atoms with Gasteiger partial charge in [-0.1, -0.05) is 31.4 Å². The van der Waals surface area contributed by atoms with Crippen molar-refractivity contribution >= 4 is 5.91 Å². The van der Waals surface area contributed by atoms with Gasteiger partial charge in [-0.15, -0.1) is 0 Å². The van der Waals surface area contributed by atoms with E-state index in [4.69, 9.17) is 0 Å². The molecule has 0 spiro atoms. The summed E-state index contributed by atoms with van der Waals surface area (Å²) in [6, 6.07) is 10.8. The molecule has 1 saturated carbocycles. The van der Waals surface area contributed by atoms with Crippen molar-refractivity contribution in [3.05, 3.63) is 52.3 Å². The van der Waals surface area contributed by atoms with Gasteiger partial charge in [-0.05, 0) is 31.0 Å². The van der Waals surface area contributed by atoms with Crippen molar-refractivity contribution in [2.75, 3.05) is 7.05 Å². The Balaban J connectivity index is 1.97. The van der Waals surface area contributed by atoms with Gasteiger partial charge in [-0.2, -0.15) is 5.10 Å². The van der Waals surface area contributed by atoms with Crippen LogP contribution in [0, 0.1) is 0 Å². The van der Waals surface area contributed by atoms with Crippen LogP contribution in [0.2, 0.25) is 0 Å². The molecule has 1 fully saturated rings. The van der Waals surface area contributed by atoms with E-state index in [1.54, 1.807) is 36.0 Å². The van der Waals surface area contributed by atoms with E-state index in [9.17, 15) is 9.59 Å². The summed E-state index contributed by atoms with van der Waals surface area (Å²) in [5, 5.41) is 7.18. The molecule has 0 radical (unpaired) electrons. The van der Waals surface area contributed by atoms with Crippen LogP contribution in [0.1, 0.15) is 48.5 Å². The lowest BCUT2D eigenvalue weighted by atomic mass is 9.95. The maximum atomic E-state index is 12.2. The topological polar surface area (TPSA) is 64.0 Å². The highest BCUT2D eigenvalue weighted by Gasteiger charge is 2.18. The van der Waals surface area contributed by atoms with Crippen LogP contribution >= 0.6 is 0 Å². The Bertz CT molecular complexity index is 761. The SMILES string of the molecule is CNC(=O)c1cccc(-c2ccc(=O)n(C3CCCCC3)n2)c1. The Morgan fingerprint density at radius 2 is 1.96 bits per heavy atom. The Morgan fingerprint density at radius 3 is 2.70 bits per heavy atom. The largest absolute Gasteiger partial charge is 0.355 e. The Labute approximate surface area is 135 Å². The minimum Gasteiger partial charge on any atom is -0.355 e. The second-order valence-electron chi connectivity index (χ2n) is 5.95. The van der Waals surface area contributed by atoms with Crippen molar-refractivity contribution in [3.63, 3.8) is 0 Å². The highest BCUT2D eigenvalue weighted by molar-refractivity contribution is 5.95. The van der Waals surface area contributed by atoms with Crippen molar-refractivity contribution in [2.24, 2.45) is 0 Å². The van der Waals surface area contributed by atoms with Gasteiger partial charge in [0.25, 0.3) is 11.5 Å². The normalized spacial score (nSPS) is 15.3. The number of benzene rings is 1. The van der Waals surface area contributed by atoms with E-state index >= 15 is 0 Å². The van der Waals surface area contributed by atoms with Gasteiger partial charge >= 0.3 is 0 Å². The average molecular weight is 311 g/mol. The molecule has 1 aromatic carbocycles. The zero-order valence-corrected chi connectivity index (χ0v) is 13.3. The molecule has 3 rings (SSSR count). The van der Waals surface area contributed by atoms with Crippen LogP contribution in [-0.4, -0.2) is 22.7 Å². The van der Waals surface area contributed by atoms with E-state index in [0.29, 0.717) is 5.56 Å². The van der Waals surface area contributed by atoms with Crippen LogP contribution in [0.15, 0.2) is 41.2 Å². The fraction of sp³-hybridized carbons (Fsp3) is 0.389. The third-order valence-corrected chi connectivity index (χ3v) is 4.39. The first-order valence-electron chi connectivity index (χ1n) is 8.11. The first kappa shape index (κ1) is 15.5. The summed E-state index contributed by atoms with van der Waals surface area (Å²) in [6.07, 6.45) is 5.55. The van der Waals surface area contributed by atoms with Gasteiger partial charge in [0.2, 0.25) is 0 Å². The molecule has 1 N–H and O–H groups in total. The van der Waals surface area contributed by atoms with Crippen LogP contribution in [-0.2, 0) is 0 Å². The molecule has 0 aliphatic heterocycles. The number of nitrogens with one attached hydrogen (secondary N) is 1. The van der Waals surface area contributed by atoms with Crippen LogP contribution < -0.4 is 10.9 Å². The molecule has 0 atom stereocenters. The number of amides is 1. The first-order valence-corrected chi connectivity index (χ1v) is 8.11. The lowest BCUT2D eigenvalue weighted by Gasteiger charge is -2.23. The predicted octanol–water partition coefficient (Wildman–Crippen LogP) is 2.78. The van der Waals surface area contributed by atoms with E-state index < -0.39 is 0 Å². The number of nitrogens with zero attached hydrogens (tertiary/aromatic N) is 2. The molecule has 0 unspecified atom stereocenters. The molecule has 0 bridgehead atoms. The number of carbonyl (C=O) groups excluding carboxylic acids is 1. The summed E-state index contributed by atoms with van der Waals surface area (Å²) in [5.41, 5.74) is 2.10. The molecule has 1 amide bonds. The van der Waals surface area contributed by atoms with Gasteiger partial charge in [0.15, 0.2) is 0 Å². The Morgan fingerprint density at radius 1 is 1.17 bits per heavy atom. The van der Waals surface area contributed by atoms with Crippen molar-refractivity contribution in [1.82, 2.24) is 15.1 Å². The smallest absolute Gasteiger partial charge is 0.267 e. The van der Waals surface area contributed by atoms with Crippen LogP contribution in [0.4, 0.5) is 0 Å². The van der Waals surface area contributed by atoms with Crippen LogP contribution in [0.3, 0.4) is 0 Å². The summed E-state index contributed by atoms with van der Waals surface area (Å²) in [7, 11) is 1.61. The lowest BCUT2D eigenvalue weighted by Crippen LogP contribution is -2.28. The third-order valence-electron chi connectivity index (χ3n) is 4.39. The quantitative estimate of drug-likeness (QED) is 0.948. The molecule has 120 valence electrons. The molecule has 23 heavy (non-hydrogen) atoms. The van der Waals surface area contributed by atoms with Crippen molar-refractivity contribution < 1.29 is 4.79 Å². The number of carbonyl (C=O) groups is 1. The molecule has 1 heterocycles. The van der Waals surface area contributed by atoms with Crippen LogP contribution in [0.5, 0.6) is 0 Å². The monoisotopic (exact) mass is 311 g/mol. The van der Waals surface area contributed by atoms with Gasteiger partial charge in [-0.3, -0.25) is 9.59 Å². The molecule has 1 aromatic heterocycles. The second-order valence-corrected chi connectivity index (χ2v) is 5.95. The van der Waals surface area contributed by atoms with E-state index in [-0.39, 0.29) is 17.5 Å². The van der Waals surface area contributed by atoms with Gasteiger partial charge in [0.05, 0.1) is 11.7 Å². The van der Waals surface area contributed by atoms with Gasteiger partial charge in [-0.25, -0.2) is 4.68 Å². The average Bonchev–Trinajstić information content (AvgIpc) is 2.62. The molecule has 5 nitrogen and oxygen atoms in total. The summed E-state index contributed by atoms with van der Waals surface area (Å²) >= 11 is 0. The summed E-state index contributed by atoms with van der Waals surface area (Å²) in [6.45, 7) is 0. The standard InChI is InChI=1S/C18H21N3O2/c1-19-18(23)14-7-5-6-13(12-14)16-10-11-17(22)21(20-16)15-8-3-2-4-9-15/h5-7,10-12,15H,2-4,8-9H2,1H3,(H,19,23). The molecule has 1 aliphatic carbocycles. The van der Waals surface area contributed by atoms with E-state index in [1.165, 1.54) is 6.42 Å². The zero-order chi connectivity index (χ0) is 16.2. The fourth-order valence-electron chi connectivity index (χ4n) is 3.13. The second kappa shape index (κ2) is 6.77. The maximum absolute atomic E-state index is 12.2. The highest BCUT2D eigenvalue weighted by atomic mass is 16.1. The minimum atomic E-state index is -0.132. The van der Waals surface area contributed by atoms with E-state index in [1.807, 2.05) is 12.1 Å². The molecule has 0 saturated heterocycles. The van der Waals surface area contributed by atoms with E-state index in [2.05, 4.69) is 10.4 Å². The van der Waals surface area contributed by atoms with Crippen molar-refractivity contribution in [1.29, 1.82) is 0 Å². The third kappa shape index (κ3) is 3.33. The Hall–Kier alpha value is -2.43. The summed E-state index contributed by atoms with van der Waals surface area (Å²) < 4.78 is 1.63. The predicted molar refractivity (Wildman–Crippen MR) is 89.4 cm³/mol. The Kier molecular flexibility index (Phi) is 4.55. The summed E-state index contributed by atoms with van der Waals surface area (Å²) in [4.78, 5) is 23.9. The molecule has 1 aliphatic rings. The number of hydrogen-bond acceptors (Lipinski definition) is 3. The minimum absolute atomic E-state index is 0.0527. The molecular weight excluding hydrogens is 290 g/mol. The maximum Gasteiger partial charge on any atom is 0.267 e.